The van der Waals surface area contributed by atoms with Gasteiger partial charge in [-0.25, -0.2) is 0 Å². The Hall–Kier alpha value is -2.67. The molecule has 0 fully saturated rings. The van der Waals surface area contributed by atoms with Crippen LogP contribution in [0.2, 0.25) is 5.02 Å². The molecule has 5 nitrogen and oxygen atoms in total. The summed E-state index contributed by atoms with van der Waals surface area (Å²) < 4.78 is 28.4. The van der Waals surface area contributed by atoms with E-state index in [1.54, 1.807) is 6.07 Å². The number of hydrogen-bond donors (Lipinski definition) is 2. The van der Waals surface area contributed by atoms with Crippen LogP contribution in [-0.2, 0) is 11.2 Å². The lowest BCUT2D eigenvalue weighted by Crippen LogP contribution is -2.19. The summed E-state index contributed by atoms with van der Waals surface area (Å²) in [4.78, 5) is 23.8. The first kappa shape index (κ1) is 18.7. The summed E-state index contributed by atoms with van der Waals surface area (Å²) in [6, 6.07) is 10.3. The number of benzene rings is 2. The van der Waals surface area contributed by atoms with E-state index in [0.717, 1.165) is 0 Å². The number of nitrogens with one attached hydrogen (secondary N) is 2. The van der Waals surface area contributed by atoms with Crippen molar-refractivity contribution < 1.29 is 23.1 Å². The van der Waals surface area contributed by atoms with E-state index in [0.29, 0.717) is 11.3 Å². The Morgan fingerprint density at radius 3 is 2.44 bits per heavy atom. The maximum atomic E-state index is 12.1. The summed E-state index contributed by atoms with van der Waals surface area (Å²) in [5, 5.41) is 5.39. The normalized spacial score (nSPS) is 10.4. The Labute approximate surface area is 147 Å². The highest BCUT2D eigenvalue weighted by atomic mass is 35.5. The molecule has 0 saturated heterocycles. The molecule has 132 valence electrons. The fourth-order valence-electron chi connectivity index (χ4n) is 2.09. The zero-order valence-corrected chi connectivity index (χ0v) is 13.9. The molecule has 0 saturated carbocycles. The molecule has 2 rings (SSSR count). The van der Waals surface area contributed by atoms with Crippen LogP contribution in [0.4, 0.5) is 14.5 Å². The van der Waals surface area contributed by atoms with E-state index in [9.17, 15) is 18.4 Å². The fourth-order valence-corrected chi connectivity index (χ4v) is 2.29. The van der Waals surface area contributed by atoms with Crippen molar-refractivity contribution >= 4 is 29.1 Å². The smallest absolute Gasteiger partial charge is 0.387 e. The van der Waals surface area contributed by atoms with Crippen LogP contribution in [0.25, 0.3) is 0 Å². The van der Waals surface area contributed by atoms with Gasteiger partial charge in [0, 0.05) is 12.7 Å². The van der Waals surface area contributed by atoms with Crippen molar-refractivity contribution in [2.24, 2.45) is 0 Å². The Morgan fingerprint density at radius 1 is 1.16 bits per heavy atom. The van der Waals surface area contributed by atoms with Crippen molar-refractivity contribution in [3.05, 3.63) is 58.6 Å². The molecule has 0 atom stereocenters. The second-order valence-electron chi connectivity index (χ2n) is 5.02. The molecule has 0 aliphatic carbocycles. The zero-order chi connectivity index (χ0) is 18.4. The number of amides is 2. The van der Waals surface area contributed by atoms with Gasteiger partial charge in [-0.05, 0) is 35.9 Å². The highest BCUT2D eigenvalue weighted by Gasteiger charge is 2.11. The van der Waals surface area contributed by atoms with Crippen molar-refractivity contribution in [3.8, 4) is 5.75 Å². The molecule has 0 spiro atoms. The first-order valence-corrected chi connectivity index (χ1v) is 7.62. The van der Waals surface area contributed by atoms with Gasteiger partial charge in [-0.1, -0.05) is 23.7 Å². The number of carbonyl (C=O) groups is 2. The second kappa shape index (κ2) is 8.43. The average Bonchev–Trinajstić information content (AvgIpc) is 2.57. The summed E-state index contributed by atoms with van der Waals surface area (Å²) in [6.45, 7) is -2.89. The molecule has 0 unspecified atom stereocenters. The molecule has 25 heavy (non-hydrogen) atoms. The first-order chi connectivity index (χ1) is 11.9. The third-order valence-corrected chi connectivity index (χ3v) is 3.56. The molecule has 2 N–H and O–H groups in total. The molecule has 0 aromatic heterocycles. The highest BCUT2D eigenvalue weighted by molar-refractivity contribution is 6.34. The molecule has 0 bridgehead atoms. The molecule has 2 aromatic carbocycles. The van der Waals surface area contributed by atoms with E-state index in [-0.39, 0.29) is 34.6 Å². The number of halogens is 3. The van der Waals surface area contributed by atoms with Crippen LogP contribution in [0.1, 0.15) is 15.9 Å². The molecule has 2 amide bonds. The molecular formula is C17H15ClF2N2O3. The van der Waals surface area contributed by atoms with Crippen LogP contribution >= 0.6 is 11.6 Å². The summed E-state index contributed by atoms with van der Waals surface area (Å²) in [5.74, 6) is -0.671. The topological polar surface area (TPSA) is 67.4 Å². The van der Waals surface area contributed by atoms with E-state index in [1.165, 1.54) is 43.4 Å². The SMILES string of the molecule is CNC(=O)c1cc(NC(=O)Cc2ccc(OC(F)F)cc2)ccc1Cl. The van der Waals surface area contributed by atoms with Crippen LogP contribution in [0, 0.1) is 0 Å². The van der Waals surface area contributed by atoms with Crippen LogP contribution in [-0.4, -0.2) is 25.5 Å². The molecule has 0 heterocycles. The maximum absolute atomic E-state index is 12.1. The van der Waals surface area contributed by atoms with Crippen LogP contribution in [0.5, 0.6) is 5.75 Å². The number of alkyl halides is 2. The summed E-state index contributed by atoms with van der Waals surface area (Å²) in [5.41, 5.74) is 1.29. The highest BCUT2D eigenvalue weighted by Crippen LogP contribution is 2.21. The standard InChI is InChI=1S/C17H15ClF2N2O3/c1-21-16(24)13-9-11(4-7-14(13)18)22-15(23)8-10-2-5-12(6-3-10)25-17(19)20/h2-7,9,17H,8H2,1H3,(H,21,24)(H,22,23). The number of anilines is 1. The Balaban J connectivity index is 2.01. The molecular weight excluding hydrogens is 354 g/mol. The Bertz CT molecular complexity index is 767. The lowest BCUT2D eigenvalue weighted by molar-refractivity contribution is -0.115. The second-order valence-corrected chi connectivity index (χ2v) is 5.43. The van der Waals surface area contributed by atoms with Crippen molar-refractivity contribution in [2.45, 2.75) is 13.0 Å². The van der Waals surface area contributed by atoms with Gasteiger partial charge in [0.1, 0.15) is 5.75 Å². The number of rotatable bonds is 6. The lowest BCUT2D eigenvalue weighted by Gasteiger charge is -2.09. The van der Waals surface area contributed by atoms with Gasteiger partial charge in [-0.2, -0.15) is 8.78 Å². The molecule has 0 aliphatic heterocycles. The first-order valence-electron chi connectivity index (χ1n) is 7.24. The molecule has 0 aliphatic rings. The summed E-state index contributed by atoms with van der Waals surface area (Å²) in [6.07, 6.45) is 0.0346. The van der Waals surface area contributed by atoms with E-state index in [4.69, 9.17) is 11.6 Å². The van der Waals surface area contributed by atoms with Crippen molar-refractivity contribution in [1.82, 2.24) is 5.32 Å². The van der Waals surface area contributed by atoms with E-state index >= 15 is 0 Å². The predicted molar refractivity (Wildman–Crippen MR) is 90.2 cm³/mol. The molecule has 8 heteroatoms. The molecule has 0 radical (unpaired) electrons. The van der Waals surface area contributed by atoms with Crippen molar-refractivity contribution in [3.63, 3.8) is 0 Å². The number of ether oxygens (including phenoxy) is 1. The largest absolute Gasteiger partial charge is 0.435 e. The van der Waals surface area contributed by atoms with Gasteiger partial charge in [-0.15, -0.1) is 0 Å². The van der Waals surface area contributed by atoms with Gasteiger partial charge in [0.05, 0.1) is 17.0 Å². The van der Waals surface area contributed by atoms with Gasteiger partial charge in [0.2, 0.25) is 5.91 Å². The quantitative estimate of drug-likeness (QED) is 0.820. The fraction of sp³-hybridized carbons (Fsp3) is 0.176. The summed E-state index contributed by atoms with van der Waals surface area (Å²) >= 11 is 5.95. The van der Waals surface area contributed by atoms with Gasteiger partial charge in [0.15, 0.2) is 0 Å². The third kappa shape index (κ3) is 5.42. The van der Waals surface area contributed by atoms with Gasteiger partial charge < -0.3 is 15.4 Å². The minimum Gasteiger partial charge on any atom is -0.435 e. The maximum Gasteiger partial charge on any atom is 0.387 e. The van der Waals surface area contributed by atoms with E-state index < -0.39 is 6.61 Å². The monoisotopic (exact) mass is 368 g/mol. The van der Waals surface area contributed by atoms with Crippen molar-refractivity contribution in [1.29, 1.82) is 0 Å². The predicted octanol–water partition coefficient (Wildman–Crippen LogP) is 3.48. The van der Waals surface area contributed by atoms with Crippen molar-refractivity contribution in [2.75, 3.05) is 12.4 Å². The van der Waals surface area contributed by atoms with Gasteiger partial charge >= 0.3 is 6.61 Å². The zero-order valence-electron chi connectivity index (χ0n) is 13.2. The van der Waals surface area contributed by atoms with Crippen LogP contribution < -0.4 is 15.4 Å². The Morgan fingerprint density at radius 2 is 1.84 bits per heavy atom. The lowest BCUT2D eigenvalue weighted by atomic mass is 10.1. The van der Waals surface area contributed by atoms with Gasteiger partial charge in [-0.3, -0.25) is 9.59 Å². The molecule has 2 aromatic rings. The van der Waals surface area contributed by atoms with Crippen LogP contribution in [0.15, 0.2) is 42.5 Å². The minimum absolute atomic E-state index is 0.0204. The Kier molecular flexibility index (Phi) is 6.30. The van der Waals surface area contributed by atoms with E-state index in [2.05, 4.69) is 15.4 Å². The van der Waals surface area contributed by atoms with E-state index in [1.807, 2.05) is 0 Å². The number of hydrogen-bond acceptors (Lipinski definition) is 3. The third-order valence-electron chi connectivity index (χ3n) is 3.24. The number of carbonyl (C=O) groups excluding carboxylic acids is 2. The average molecular weight is 369 g/mol. The summed E-state index contributed by atoms with van der Waals surface area (Å²) in [7, 11) is 1.48. The minimum atomic E-state index is -2.89. The van der Waals surface area contributed by atoms with Gasteiger partial charge in [0.25, 0.3) is 5.91 Å². The van der Waals surface area contributed by atoms with Crippen LogP contribution in [0.3, 0.4) is 0 Å².